The highest BCUT2D eigenvalue weighted by molar-refractivity contribution is 7.10. The Morgan fingerprint density at radius 3 is 2.78 bits per heavy atom. The van der Waals surface area contributed by atoms with Crippen molar-refractivity contribution in [3.05, 3.63) is 61.8 Å². The second kappa shape index (κ2) is 7.84. The molecule has 5 nitrogen and oxygen atoms in total. The number of hydrogen-bond donors (Lipinski definition) is 1. The quantitative estimate of drug-likeness (QED) is 0.701. The number of amides is 1. The van der Waals surface area contributed by atoms with Gasteiger partial charge in [-0.25, -0.2) is 9.37 Å². The maximum Gasteiger partial charge on any atom is 0.254 e. The van der Waals surface area contributed by atoms with E-state index in [2.05, 4.69) is 18.8 Å². The minimum atomic E-state index is -0.816. The van der Waals surface area contributed by atoms with Gasteiger partial charge in [0.1, 0.15) is 17.2 Å². The molecule has 1 amide bonds. The molecule has 0 aliphatic carbocycles. The maximum absolute atomic E-state index is 12.9. The minimum Gasteiger partial charge on any atom is -0.365 e. The number of halogens is 1. The van der Waals surface area contributed by atoms with Crippen LogP contribution in [0.15, 0.2) is 34.6 Å². The third-order valence-electron chi connectivity index (χ3n) is 4.25. The van der Waals surface area contributed by atoms with Crippen LogP contribution in [-0.4, -0.2) is 22.1 Å². The standard InChI is InChI=1S/C20H20FN3O2S/c1-12(2)16-11-27-18(23-16)6-4-13-3-5-14-17(9-13)24(8-7-21)10-15(19(14)25)20(22)26/h3-6,9-12H,7-8H2,1-2H3,(H2,22,26). The van der Waals surface area contributed by atoms with Crippen molar-refractivity contribution in [3.63, 3.8) is 0 Å². The van der Waals surface area contributed by atoms with E-state index in [4.69, 9.17) is 5.73 Å². The summed E-state index contributed by atoms with van der Waals surface area (Å²) in [6.07, 6.45) is 5.14. The number of pyridine rings is 1. The van der Waals surface area contributed by atoms with E-state index < -0.39 is 18.0 Å². The molecule has 0 unspecified atom stereocenters. The predicted molar refractivity (Wildman–Crippen MR) is 108 cm³/mol. The number of nitrogens with two attached hydrogens (primary N) is 1. The van der Waals surface area contributed by atoms with Gasteiger partial charge in [0.15, 0.2) is 0 Å². The summed E-state index contributed by atoms with van der Waals surface area (Å²) in [6, 6.07) is 5.21. The summed E-state index contributed by atoms with van der Waals surface area (Å²) in [5, 5.41) is 3.27. The lowest BCUT2D eigenvalue weighted by Gasteiger charge is -2.11. The molecule has 0 spiro atoms. The first-order chi connectivity index (χ1) is 12.9. The highest BCUT2D eigenvalue weighted by Gasteiger charge is 2.13. The molecule has 2 N–H and O–H groups in total. The fourth-order valence-corrected chi connectivity index (χ4v) is 3.64. The molecule has 3 aromatic rings. The number of carbonyl (C=O) groups is 1. The maximum atomic E-state index is 12.9. The molecule has 2 aromatic heterocycles. The second-order valence-corrected chi connectivity index (χ2v) is 7.38. The summed E-state index contributed by atoms with van der Waals surface area (Å²) in [4.78, 5) is 28.5. The van der Waals surface area contributed by atoms with Crippen LogP contribution in [0.5, 0.6) is 0 Å². The van der Waals surface area contributed by atoms with E-state index in [0.29, 0.717) is 16.8 Å². The number of primary amides is 1. The van der Waals surface area contributed by atoms with Gasteiger partial charge in [0.2, 0.25) is 5.43 Å². The van der Waals surface area contributed by atoms with Crippen molar-refractivity contribution in [1.82, 2.24) is 9.55 Å². The van der Waals surface area contributed by atoms with Crippen molar-refractivity contribution < 1.29 is 9.18 Å². The molecule has 0 atom stereocenters. The van der Waals surface area contributed by atoms with E-state index in [0.717, 1.165) is 16.3 Å². The van der Waals surface area contributed by atoms with Gasteiger partial charge in [-0.15, -0.1) is 11.3 Å². The van der Waals surface area contributed by atoms with Gasteiger partial charge in [0.05, 0.1) is 17.8 Å². The van der Waals surface area contributed by atoms with Crippen LogP contribution in [0.2, 0.25) is 0 Å². The topological polar surface area (TPSA) is 78.0 Å². The Morgan fingerprint density at radius 2 is 2.15 bits per heavy atom. The first-order valence-electron chi connectivity index (χ1n) is 8.57. The third-order valence-corrected chi connectivity index (χ3v) is 5.07. The zero-order valence-corrected chi connectivity index (χ0v) is 15.9. The normalized spacial score (nSPS) is 11.7. The number of benzene rings is 1. The van der Waals surface area contributed by atoms with Crippen molar-refractivity contribution >= 4 is 40.3 Å². The van der Waals surface area contributed by atoms with Gasteiger partial charge in [-0.3, -0.25) is 9.59 Å². The molecule has 3 rings (SSSR count). The molecule has 0 aliphatic heterocycles. The molecule has 0 saturated carbocycles. The van der Waals surface area contributed by atoms with E-state index in [1.165, 1.54) is 6.20 Å². The molecule has 140 valence electrons. The summed E-state index contributed by atoms with van der Waals surface area (Å²) in [5.41, 5.74) is 7.16. The Bertz CT molecular complexity index is 1080. The van der Waals surface area contributed by atoms with Crippen LogP contribution in [0.25, 0.3) is 23.1 Å². The number of aryl methyl sites for hydroxylation is 1. The van der Waals surface area contributed by atoms with E-state index in [1.807, 2.05) is 17.5 Å². The van der Waals surface area contributed by atoms with Crippen LogP contribution in [-0.2, 0) is 6.54 Å². The van der Waals surface area contributed by atoms with Crippen LogP contribution < -0.4 is 11.2 Å². The van der Waals surface area contributed by atoms with E-state index in [-0.39, 0.29) is 12.1 Å². The monoisotopic (exact) mass is 385 g/mol. The number of fused-ring (bicyclic) bond motifs is 1. The lowest BCUT2D eigenvalue weighted by Crippen LogP contribution is -2.24. The first-order valence-corrected chi connectivity index (χ1v) is 9.45. The second-order valence-electron chi connectivity index (χ2n) is 6.49. The van der Waals surface area contributed by atoms with Crippen molar-refractivity contribution in [3.8, 4) is 0 Å². The molecular formula is C20H20FN3O2S. The SMILES string of the molecule is CC(C)c1csc(C=Cc2ccc3c(=O)c(C(N)=O)cn(CCF)c3c2)n1. The Balaban J connectivity index is 2.04. The van der Waals surface area contributed by atoms with E-state index in [1.54, 1.807) is 34.1 Å². The Kier molecular flexibility index (Phi) is 5.51. The van der Waals surface area contributed by atoms with Gasteiger partial charge < -0.3 is 10.3 Å². The fourth-order valence-electron chi connectivity index (χ4n) is 2.77. The highest BCUT2D eigenvalue weighted by atomic mass is 32.1. The number of carbonyl (C=O) groups excluding carboxylic acids is 1. The molecule has 2 heterocycles. The van der Waals surface area contributed by atoms with Gasteiger partial charge in [-0.2, -0.15) is 0 Å². The Labute approximate surface area is 160 Å². The predicted octanol–water partition coefficient (Wildman–Crippen LogP) is 3.82. The van der Waals surface area contributed by atoms with Crippen LogP contribution in [0.3, 0.4) is 0 Å². The Morgan fingerprint density at radius 1 is 1.37 bits per heavy atom. The summed E-state index contributed by atoms with van der Waals surface area (Å²) in [5.74, 6) is -0.443. The number of hydrogen-bond acceptors (Lipinski definition) is 4. The number of nitrogens with zero attached hydrogens (tertiary/aromatic N) is 2. The zero-order valence-electron chi connectivity index (χ0n) is 15.1. The fraction of sp³-hybridized carbons (Fsp3) is 0.250. The van der Waals surface area contributed by atoms with Crippen molar-refractivity contribution in [2.45, 2.75) is 26.3 Å². The number of aromatic nitrogens is 2. The zero-order chi connectivity index (χ0) is 19.6. The minimum absolute atomic E-state index is 0.0362. The van der Waals surface area contributed by atoms with Gasteiger partial charge in [-0.05, 0) is 29.7 Å². The average Bonchev–Trinajstić information content (AvgIpc) is 3.11. The molecule has 0 saturated heterocycles. The van der Waals surface area contributed by atoms with Crippen LogP contribution >= 0.6 is 11.3 Å². The molecular weight excluding hydrogens is 365 g/mol. The average molecular weight is 385 g/mol. The largest absolute Gasteiger partial charge is 0.365 e. The summed E-state index contributed by atoms with van der Waals surface area (Å²) >= 11 is 1.57. The van der Waals surface area contributed by atoms with Gasteiger partial charge in [0.25, 0.3) is 5.91 Å². The van der Waals surface area contributed by atoms with Crippen LogP contribution in [0.4, 0.5) is 4.39 Å². The van der Waals surface area contributed by atoms with E-state index >= 15 is 0 Å². The molecule has 0 radical (unpaired) electrons. The molecule has 0 aliphatic rings. The molecule has 1 aromatic carbocycles. The lowest BCUT2D eigenvalue weighted by atomic mass is 10.1. The number of rotatable bonds is 6. The summed E-state index contributed by atoms with van der Waals surface area (Å²) in [7, 11) is 0. The van der Waals surface area contributed by atoms with Crippen molar-refractivity contribution in [1.29, 1.82) is 0 Å². The van der Waals surface area contributed by atoms with E-state index in [9.17, 15) is 14.0 Å². The summed E-state index contributed by atoms with van der Waals surface area (Å²) < 4.78 is 14.5. The molecule has 27 heavy (non-hydrogen) atoms. The summed E-state index contributed by atoms with van der Waals surface area (Å²) in [6.45, 7) is 3.61. The molecule has 0 bridgehead atoms. The van der Waals surface area contributed by atoms with Crippen LogP contribution in [0, 0.1) is 0 Å². The molecule has 7 heteroatoms. The smallest absolute Gasteiger partial charge is 0.254 e. The lowest BCUT2D eigenvalue weighted by molar-refractivity contribution is 0.0998. The number of alkyl halides is 1. The van der Waals surface area contributed by atoms with Crippen molar-refractivity contribution in [2.24, 2.45) is 5.73 Å². The highest BCUT2D eigenvalue weighted by Crippen LogP contribution is 2.21. The third kappa shape index (κ3) is 3.98. The van der Waals surface area contributed by atoms with Gasteiger partial charge in [-0.1, -0.05) is 26.0 Å². The van der Waals surface area contributed by atoms with Gasteiger partial charge in [0, 0.05) is 17.0 Å². The Hall–Kier alpha value is -2.80. The van der Waals surface area contributed by atoms with Crippen LogP contribution in [0.1, 0.15) is 46.4 Å². The van der Waals surface area contributed by atoms with Crippen molar-refractivity contribution in [2.75, 3.05) is 6.67 Å². The molecule has 0 fully saturated rings. The first kappa shape index (κ1) is 19.0. The number of thiazole rings is 1. The van der Waals surface area contributed by atoms with Gasteiger partial charge >= 0.3 is 0 Å².